The Bertz CT molecular complexity index is 950. The van der Waals surface area contributed by atoms with E-state index in [9.17, 15) is 17.6 Å². The summed E-state index contributed by atoms with van der Waals surface area (Å²) >= 11 is 0. The third-order valence-electron chi connectivity index (χ3n) is 3.40. The Morgan fingerprint density at radius 2 is 1.88 bits per heavy atom. The van der Waals surface area contributed by atoms with Crippen molar-refractivity contribution in [2.45, 2.75) is 4.90 Å². The van der Waals surface area contributed by atoms with Crippen LogP contribution in [-0.2, 0) is 14.8 Å². The number of sulfonamides is 1. The summed E-state index contributed by atoms with van der Waals surface area (Å²) in [4.78, 5) is 11.7. The number of benzene rings is 2. The molecule has 0 aliphatic rings. The summed E-state index contributed by atoms with van der Waals surface area (Å²) in [6.07, 6.45) is 1.31. The highest BCUT2D eigenvalue weighted by molar-refractivity contribution is 7.89. The topological polar surface area (TPSA) is 90.3 Å². The summed E-state index contributed by atoms with van der Waals surface area (Å²) in [5.74, 6) is -1.49. The van der Waals surface area contributed by atoms with Crippen LogP contribution in [0.1, 0.15) is 5.56 Å². The summed E-state index contributed by atoms with van der Waals surface area (Å²) in [5, 5.41) is 11.3. The summed E-state index contributed by atoms with van der Waals surface area (Å²) in [6.45, 7) is 2.81. The van der Waals surface area contributed by atoms with Crippen molar-refractivity contribution in [1.29, 1.82) is 5.26 Å². The number of hydrogen-bond donors (Lipinski definition) is 1. The minimum absolute atomic E-state index is 0.155. The van der Waals surface area contributed by atoms with Crippen LogP contribution in [0.15, 0.2) is 66.1 Å². The Morgan fingerprint density at radius 3 is 2.46 bits per heavy atom. The lowest BCUT2D eigenvalue weighted by Gasteiger charge is -2.20. The van der Waals surface area contributed by atoms with Crippen LogP contribution in [0.3, 0.4) is 0 Å². The summed E-state index contributed by atoms with van der Waals surface area (Å²) in [5.41, 5.74) is 0.842. The Balaban J connectivity index is 2.19. The van der Waals surface area contributed by atoms with Gasteiger partial charge in [0, 0.05) is 12.2 Å². The van der Waals surface area contributed by atoms with Gasteiger partial charge in [-0.05, 0) is 36.4 Å². The quantitative estimate of drug-likeness (QED) is 0.755. The smallest absolute Gasteiger partial charge is 0.246 e. The highest BCUT2D eigenvalue weighted by Gasteiger charge is 2.28. The van der Waals surface area contributed by atoms with E-state index in [4.69, 9.17) is 5.26 Å². The lowest BCUT2D eigenvalue weighted by molar-refractivity contribution is -0.116. The molecule has 0 spiro atoms. The monoisotopic (exact) mass is 373 g/mol. The molecule has 0 radical (unpaired) electrons. The van der Waals surface area contributed by atoms with Crippen molar-refractivity contribution in [1.82, 2.24) is 4.31 Å². The zero-order chi connectivity index (χ0) is 19.2. The van der Waals surface area contributed by atoms with E-state index >= 15 is 0 Å². The number of carbonyl (C=O) groups excluding carboxylic acids is 1. The van der Waals surface area contributed by atoms with Gasteiger partial charge in [-0.15, -0.1) is 6.58 Å². The van der Waals surface area contributed by atoms with Crippen LogP contribution in [0, 0.1) is 17.1 Å². The van der Waals surface area contributed by atoms with Crippen molar-refractivity contribution < 1.29 is 17.6 Å². The first kappa shape index (κ1) is 19.3. The van der Waals surface area contributed by atoms with Gasteiger partial charge in [0.2, 0.25) is 15.9 Å². The molecule has 2 aromatic rings. The highest BCUT2D eigenvalue weighted by atomic mass is 32.2. The van der Waals surface area contributed by atoms with Gasteiger partial charge in [-0.25, -0.2) is 12.8 Å². The van der Waals surface area contributed by atoms with E-state index in [2.05, 4.69) is 11.9 Å². The second-order valence-electron chi connectivity index (χ2n) is 5.25. The van der Waals surface area contributed by atoms with Gasteiger partial charge < -0.3 is 5.32 Å². The van der Waals surface area contributed by atoms with Gasteiger partial charge in [-0.1, -0.05) is 18.2 Å². The first-order valence-corrected chi connectivity index (χ1v) is 8.98. The number of nitrogens with zero attached hydrogens (tertiary/aromatic N) is 2. The maximum Gasteiger partial charge on any atom is 0.246 e. The molecule has 0 saturated carbocycles. The second-order valence-corrected chi connectivity index (χ2v) is 7.16. The van der Waals surface area contributed by atoms with E-state index in [-0.39, 0.29) is 6.54 Å². The summed E-state index contributed by atoms with van der Waals surface area (Å²) in [7, 11) is -4.21. The number of nitrogens with one attached hydrogen (secondary N) is 1. The summed E-state index contributed by atoms with van der Waals surface area (Å²) in [6, 6.07) is 13.0. The van der Waals surface area contributed by atoms with Gasteiger partial charge in [0.15, 0.2) is 0 Å². The molecule has 0 heterocycles. The average molecular weight is 373 g/mol. The third-order valence-corrected chi connectivity index (χ3v) is 5.25. The van der Waals surface area contributed by atoms with Gasteiger partial charge in [-0.2, -0.15) is 9.57 Å². The molecule has 2 aromatic carbocycles. The molecule has 0 aromatic heterocycles. The molecule has 0 saturated heterocycles. The summed E-state index contributed by atoms with van der Waals surface area (Å²) < 4.78 is 40.0. The number of anilines is 1. The van der Waals surface area contributed by atoms with Crippen LogP contribution in [-0.4, -0.2) is 31.7 Å². The zero-order valence-electron chi connectivity index (χ0n) is 13.7. The molecule has 1 amide bonds. The molecule has 0 aliphatic heterocycles. The largest absolute Gasteiger partial charge is 0.325 e. The van der Waals surface area contributed by atoms with Crippen molar-refractivity contribution in [3.8, 4) is 6.07 Å². The number of hydrogen-bond acceptors (Lipinski definition) is 4. The van der Waals surface area contributed by atoms with Crippen molar-refractivity contribution >= 4 is 21.6 Å². The maximum atomic E-state index is 13.9. The fourth-order valence-electron chi connectivity index (χ4n) is 2.17. The molecule has 0 bridgehead atoms. The Morgan fingerprint density at radius 1 is 1.23 bits per heavy atom. The molecular weight excluding hydrogens is 357 g/mol. The van der Waals surface area contributed by atoms with Crippen LogP contribution in [0.2, 0.25) is 0 Å². The predicted molar refractivity (Wildman–Crippen MR) is 95.1 cm³/mol. The number of amides is 1. The second kappa shape index (κ2) is 8.38. The number of rotatable bonds is 7. The molecule has 0 fully saturated rings. The molecular formula is C18H16FN3O3S. The van der Waals surface area contributed by atoms with Crippen molar-refractivity contribution in [2.75, 3.05) is 18.4 Å². The maximum absolute atomic E-state index is 13.9. The highest BCUT2D eigenvalue weighted by Crippen LogP contribution is 2.19. The Hall–Kier alpha value is -3.02. The Kier molecular flexibility index (Phi) is 6.22. The molecule has 26 heavy (non-hydrogen) atoms. The lowest BCUT2D eigenvalue weighted by atomic mass is 10.2. The van der Waals surface area contributed by atoms with E-state index < -0.39 is 33.2 Å². The van der Waals surface area contributed by atoms with Crippen LogP contribution < -0.4 is 5.32 Å². The fraction of sp³-hybridized carbons (Fsp3) is 0.111. The van der Waals surface area contributed by atoms with Crippen molar-refractivity contribution in [3.63, 3.8) is 0 Å². The van der Waals surface area contributed by atoms with Crippen LogP contribution in [0.5, 0.6) is 0 Å². The molecule has 0 unspecified atom stereocenters. The van der Waals surface area contributed by atoms with Gasteiger partial charge in [0.05, 0.1) is 18.2 Å². The SMILES string of the molecule is C=CCN(CC(=O)Nc1ccc(C#N)cc1)S(=O)(=O)c1ccccc1F. The Labute approximate surface area is 151 Å². The molecule has 8 heteroatoms. The van der Waals surface area contributed by atoms with Gasteiger partial charge in [0.1, 0.15) is 10.7 Å². The first-order valence-electron chi connectivity index (χ1n) is 7.54. The van der Waals surface area contributed by atoms with Crippen molar-refractivity contribution in [2.24, 2.45) is 0 Å². The first-order chi connectivity index (χ1) is 12.4. The van der Waals surface area contributed by atoms with Crippen LogP contribution in [0.25, 0.3) is 0 Å². The number of carbonyl (C=O) groups is 1. The van der Waals surface area contributed by atoms with Crippen molar-refractivity contribution in [3.05, 3.63) is 72.6 Å². The average Bonchev–Trinajstić information content (AvgIpc) is 2.62. The normalized spacial score (nSPS) is 11.0. The van der Waals surface area contributed by atoms with E-state index in [0.29, 0.717) is 11.3 Å². The van der Waals surface area contributed by atoms with E-state index in [1.165, 1.54) is 42.5 Å². The number of nitriles is 1. The molecule has 0 atom stereocenters. The molecule has 6 nitrogen and oxygen atoms in total. The van der Waals surface area contributed by atoms with E-state index in [0.717, 1.165) is 16.4 Å². The van der Waals surface area contributed by atoms with Gasteiger partial charge in [-0.3, -0.25) is 4.79 Å². The van der Waals surface area contributed by atoms with E-state index in [1.54, 1.807) is 0 Å². The minimum Gasteiger partial charge on any atom is -0.325 e. The standard InChI is InChI=1S/C18H16FN3O3S/c1-2-11-22(26(24,25)17-6-4-3-5-16(17)19)13-18(23)21-15-9-7-14(12-20)8-10-15/h2-10H,1,11,13H2,(H,21,23). The lowest BCUT2D eigenvalue weighted by Crippen LogP contribution is -2.38. The minimum atomic E-state index is -4.21. The third kappa shape index (κ3) is 4.53. The van der Waals surface area contributed by atoms with Crippen LogP contribution >= 0.6 is 0 Å². The van der Waals surface area contributed by atoms with E-state index in [1.807, 2.05) is 6.07 Å². The van der Waals surface area contributed by atoms with Gasteiger partial charge >= 0.3 is 0 Å². The number of halogens is 1. The fourth-order valence-corrected chi connectivity index (χ4v) is 3.61. The molecule has 2 rings (SSSR count). The molecule has 1 N–H and O–H groups in total. The predicted octanol–water partition coefficient (Wildman–Crippen LogP) is 2.51. The molecule has 0 aliphatic carbocycles. The molecule has 134 valence electrons. The van der Waals surface area contributed by atoms with Gasteiger partial charge in [0.25, 0.3) is 0 Å². The van der Waals surface area contributed by atoms with Crippen LogP contribution in [0.4, 0.5) is 10.1 Å². The zero-order valence-corrected chi connectivity index (χ0v) is 14.5.